The van der Waals surface area contributed by atoms with Crippen LogP contribution in [0.4, 0.5) is 0 Å². The molecule has 0 aliphatic heterocycles. The first-order chi connectivity index (χ1) is 28.3. The van der Waals surface area contributed by atoms with Crippen molar-refractivity contribution in [1.82, 2.24) is 28.5 Å². The minimum atomic E-state index is 0.572. The predicted octanol–water partition coefficient (Wildman–Crippen LogP) is 12.5. The lowest BCUT2D eigenvalue weighted by atomic mass is 10.0. The van der Waals surface area contributed by atoms with Crippen molar-refractivity contribution < 1.29 is 0 Å². The fourth-order valence-corrected chi connectivity index (χ4v) is 9.38. The Morgan fingerprint density at radius 1 is 0.281 bits per heavy atom. The van der Waals surface area contributed by atoms with Crippen molar-refractivity contribution in [1.29, 1.82) is 0 Å². The molecular weight excluding hydrogens is 697 g/mol. The van der Waals surface area contributed by atoms with Gasteiger partial charge in [-0.1, -0.05) is 140 Å². The van der Waals surface area contributed by atoms with Gasteiger partial charge < -0.3 is 4.40 Å². The maximum absolute atomic E-state index is 5.29. The number of nitrogens with zero attached hydrogens (tertiary/aromatic N) is 6. The average Bonchev–Trinajstić information content (AvgIpc) is 4.01. The largest absolute Gasteiger partial charge is 0.308 e. The monoisotopic (exact) mass is 726 g/mol. The second kappa shape index (κ2) is 11.4. The number of hydrogen-bond donors (Lipinski definition) is 0. The van der Waals surface area contributed by atoms with Gasteiger partial charge in [0.1, 0.15) is 0 Å². The molecule has 0 aliphatic carbocycles. The molecule has 13 rings (SSSR count). The van der Waals surface area contributed by atoms with E-state index in [1.807, 2.05) is 0 Å². The van der Waals surface area contributed by atoms with E-state index >= 15 is 0 Å². The summed E-state index contributed by atoms with van der Waals surface area (Å²) in [6, 6.07) is 64.8. The molecule has 0 saturated heterocycles. The molecule has 0 N–H and O–H groups in total. The van der Waals surface area contributed by atoms with Crippen molar-refractivity contribution in [3.63, 3.8) is 0 Å². The highest BCUT2D eigenvalue weighted by Crippen LogP contribution is 2.41. The predicted molar refractivity (Wildman–Crippen MR) is 234 cm³/mol. The molecule has 0 bridgehead atoms. The van der Waals surface area contributed by atoms with Crippen LogP contribution < -0.4 is 0 Å². The van der Waals surface area contributed by atoms with Gasteiger partial charge in [0.15, 0.2) is 5.82 Å². The Morgan fingerprint density at radius 2 is 0.667 bits per heavy atom. The van der Waals surface area contributed by atoms with Gasteiger partial charge in [-0.3, -0.25) is 9.13 Å². The molecule has 0 radical (unpaired) electrons. The van der Waals surface area contributed by atoms with E-state index in [0.29, 0.717) is 17.7 Å². The molecule has 5 heterocycles. The highest BCUT2D eigenvalue weighted by Gasteiger charge is 2.21. The molecular formula is C51H30N6. The van der Waals surface area contributed by atoms with Crippen molar-refractivity contribution in [2.45, 2.75) is 0 Å². The van der Waals surface area contributed by atoms with Gasteiger partial charge >= 0.3 is 0 Å². The van der Waals surface area contributed by atoms with E-state index in [2.05, 4.69) is 196 Å². The van der Waals surface area contributed by atoms with Crippen molar-refractivity contribution in [3.05, 3.63) is 182 Å². The van der Waals surface area contributed by atoms with Crippen LogP contribution in [0.1, 0.15) is 0 Å². The highest BCUT2D eigenvalue weighted by molar-refractivity contribution is 6.23. The molecule has 5 aromatic heterocycles. The van der Waals surface area contributed by atoms with Gasteiger partial charge in [0.25, 0.3) is 0 Å². The maximum atomic E-state index is 5.29. The summed E-state index contributed by atoms with van der Waals surface area (Å²) in [7, 11) is 0. The van der Waals surface area contributed by atoms with Crippen LogP contribution in [0, 0.1) is 0 Å². The summed E-state index contributed by atoms with van der Waals surface area (Å²) in [6.07, 6.45) is 0. The van der Waals surface area contributed by atoms with E-state index in [4.69, 9.17) is 15.0 Å². The molecule has 13 aromatic rings. The Balaban J connectivity index is 1.00. The summed E-state index contributed by atoms with van der Waals surface area (Å²) < 4.78 is 6.77. The normalized spacial score (nSPS) is 12.2. The minimum Gasteiger partial charge on any atom is -0.308 e. The summed E-state index contributed by atoms with van der Waals surface area (Å²) in [4.78, 5) is 15.8. The highest BCUT2D eigenvalue weighted by atomic mass is 15.3. The van der Waals surface area contributed by atoms with E-state index in [9.17, 15) is 0 Å². The number of para-hydroxylation sites is 6. The fourth-order valence-electron chi connectivity index (χ4n) is 9.38. The lowest BCUT2D eigenvalue weighted by Crippen LogP contribution is -2.10. The summed E-state index contributed by atoms with van der Waals surface area (Å²) in [5.41, 5.74) is 11.2. The molecule has 0 fully saturated rings. The van der Waals surface area contributed by atoms with Crippen LogP contribution in [0.2, 0.25) is 0 Å². The van der Waals surface area contributed by atoms with E-state index in [1.165, 1.54) is 43.7 Å². The third-order valence-electron chi connectivity index (χ3n) is 11.9. The Kier molecular flexibility index (Phi) is 6.07. The smallest absolute Gasteiger partial charge is 0.240 e. The van der Waals surface area contributed by atoms with Crippen LogP contribution in [0.15, 0.2) is 182 Å². The van der Waals surface area contributed by atoms with E-state index < -0.39 is 0 Å². The second-order valence-electron chi connectivity index (χ2n) is 14.9. The molecule has 0 amide bonds. The van der Waals surface area contributed by atoms with Gasteiger partial charge in [-0.05, 0) is 53.6 Å². The summed E-state index contributed by atoms with van der Waals surface area (Å²) >= 11 is 0. The van der Waals surface area contributed by atoms with Crippen LogP contribution in [0.25, 0.3) is 116 Å². The van der Waals surface area contributed by atoms with Gasteiger partial charge in [-0.15, -0.1) is 0 Å². The molecule has 6 heteroatoms. The lowest BCUT2D eigenvalue weighted by Gasteiger charge is -2.13. The molecule has 8 aromatic carbocycles. The molecule has 0 unspecified atom stereocenters. The molecule has 0 spiro atoms. The van der Waals surface area contributed by atoms with Crippen LogP contribution in [-0.4, -0.2) is 28.5 Å². The third kappa shape index (κ3) is 4.21. The maximum Gasteiger partial charge on any atom is 0.240 e. The quantitative estimate of drug-likeness (QED) is 0.181. The first-order valence-corrected chi connectivity index (χ1v) is 19.3. The standard InChI is InChI=1S/C51H30N6/c1-7-20-43-34(12-1)35-13-2-8-21-44(35)56(43)50-52-49(53-51(54-50)57-45-22-9-3-14-36(45)37-15-4-10-23-46(37)57)32-26-24-31(25-27-32)33-28-29-47-41(30-33)40-18-11-17-39-38-16-5-6-19-42(38)55(47)48(39)40/h1-30H. The molecule has 0 aliphatic rings. The lowest BCUT2D eigenvalue weighted by molar-refractivity contribution is 0.893. The van der Waals surface area contributed by atoms with Crippen LogP contribution in [-0.2, 0) is 0 Å². The number of aromatic nitrogens is 6. The molecule has 57 heavy (non-hydrogen) atoms. The first-order valence-electron chi connectivity index (χ1n) is 19.3. The summed E-state index contributed by atoms with van der Waals surface area (Å²) in [6.45, 7) is 0. The summed E-state index contributed by atoms with van der Waals surface area (Å²) in [5, 5.41) is 9.75. The molecule has 0 atom stereocenters. The van der Waals surface area contributed by atoms with Gasteiger partial charge in [0.2, 0.25) is 11.9 Å². The van der Waals surface area contributed by atoms with Crippen LogP contribution in [0.5, 0.6) is 0 Å². The van der Waals surface area contributed by atoms with Crippen molar-refractivity contribution in [2.75, 3.05) is 0 Å². The van der Waals surface area contributed by atoms with E-state index in [0.717, 1.165) is 54.7 Å². The molecule has 0 saturated carbocycles. The minimum absolute atomic E-state index is 0.572. The van der Waals surface area contributed by atoms with Gasteiger partial charge in [0.05, 0.1) is 38.6 Å². The zero-order valence-electron chi connectivity index (χ0n) is 30.5. The average molecular weight is 727 g/mol. The SMILES string of the molecule is c1ccc2c(c1)c1ccccc1n2-c1nc(-c2ccc(-c3ccc4c(c3)c3cccc5c6ccccc6n4c53)cc2)nc(-n2c3ccccc3c3ccccc32)n1. The van der Waals surface area contributed by atoms with Crippen molar-refractivity contribution >= 4 is 81.7 Å². The Morgan fingerprint density at radius 3 is 1.19 bits per heavy atom. The third-order valence-corrected chi connectivity index (χ3v) is 11.9. The van der Waals surface area contributed by atoms with Crippen LogP contribution >= 0.6 is 0 Å². The van der Waals surface area contributed by atoms with Crippen molar-refractivity contribution in [3.8, 4) is 34.4 Å². The Bertz CT molecular complexity index is 3520. The van der Waals surface area contributed by atoms with E-state index in [-0.39, 0.29) is 0 Å². The van der Waals surface area contributed by atoms with Crippen LogP contribution in [0.3, 0.4) is 0 Å². The number of fused-ring (bicyclic) bond motifs is 12. The fraction of sp³-hybridized carbons (Fsp3) is 0. The Labute approximate surface area is 325 Å². The van der Waals surface area contributed by atoms with Gasteiger partial charge in [-0.2, -0.15) is 15.0 Å². The Hall–Kier alpha value is -7.83. The topological polar surface area (TPSA) is 52.9 Å². The second-order valence-corrected chi connectivity index (χ2v) is 14.9. The number of benzene rings is 8. The summed E-state index contributed by atoms with van der Waals surface area (Å²) in [5.74, 6) is 1.75. The molecule has 6 nitrogen and oxygen atoms in total. The van der Waals surface area contributed by atoms with Crippen molar-refractivity contribution in [2.24, 2.45) is 0 Å². The van der Waals surface area contributed by atoms with E-state index in [1.54, 1.807) is 0 Å². The first kappa shape index (κ1) is 30.5. The molecule has 264 valence electrons. The number of rotatable bonds is 4. The zero-order chi connectivity index (χ0) is 37.2. The van der Waals surface area contributed by atoms with Gasteiger partial charge in [0, 0.05) is 48.7 Å². The number of hydrogen-bond acceptors (Lipinski definition) is 3. The zero-order valence-corrected chi connectivity index (χ0v) is 30.5. The van der Waals surface area contributed by atoms with Gasteiger partial charge in [-0.25, -0.2) is 0 Å².